The zero-order valence-electron chi connectivity index (χ0n) is 59.3. The number of fused-ring (bicyclic) bond motifs is 1. The maximum atomic E-state index is 13.5. The number of esters is 4. The van der Waals surface area contributed by atoms with Crippen molar-refractivity contribution in [3.05, 3.63) is 141 Å². The topological polar surface area (TPSA) is 391 Å². The number of hydrogen-bond acceptors (Lipinski definition) is 26. The Hall–Kier alpha value is -9.61. The molecule has 0 saturated heterocycles. The smallest absolute Gasteiger partial charge is 0.354 e. The van der Waals surface area contributed by atoms with Crippen molar-refractivity contribution in [3.8, 4) is 23.0 Å². The minimum absolute atomic E-state index is 0.00623. The number of urea groups is 1. The number of ketones is 1. The van der Waals surface area contributed by atoms with Gasteiger partial charge in [0.25, 0.3) is 21.1 Å². The fourth-order valence-electron chi connectivity index (χ4n) is 10.7. The van der Waals surface area contributed by atoms with Gasteiger partial charge in [0.15, 0.2) is 21.2 Å². The highest BCUT2D eigenvalue weighted by Crippen LogP contribution is 2.40. The number of aromatic nitrogens is 7. The quantitative estimate of drug-likeness (QED) is 0.0411. The molecule has 0 radical (unpaired) electrons. The maximum absolute atomic E-state index is 13.5. The van der Waals surface area contributed by atoms with E-state index < -0.39 is 66.1 Å². The second-order valence-corrected chi connectivity index (χ2v) is 29.6. The van der Waals surface area contributed by atoms with E-state index >= 15 is 0 Å². The zero-order chi connectivity index (χ0) is 76.2. The third-order valence-corrected chi connectivity index (χ3v) is 19.8. The van der Waals surface area contributed by atoms with Gasteiger partial charge in [-0.25, -0.2) is 55.1 Å². The number of ether oxygens (including phenoxy) is 6. The number of carbonyl (C=O) groups is 6. The molecule has 554 valence electrons. The van der Waals surface area contributed by atoms with Gasteiger partial charge in [-0.05, 0) is 139 Å². The van der Waals surface area contributed by atoms with Gasteiger partial charge in [-0.3, -0.25) is 29.2 Å². The van der Waals surface area contributed by atoms with Crippen LogP contribution in [0.15, 0.2) is 89.7 Å². The van der Waals surface area contributed by atoms with Gasteiger partial charge in [0, 0.05) is 48.5 Å². The molecule has 3 aromatic carbocycles. The van der Waals surface area contributed by atoms with Gasteiger partial charge < -0.3 is 38.4 Å². The van der Waals surface area contributed by atoms with Crippen molar-refractivity contribution < 1.29 is 78.9 Å². The number of rotatable bonds is 18. The summed E-state index contributed by atoms with van der Waals surface area (Å²) in [6, 6.07) is 11.9. The van der Waals surface area contributed by atoms with Crippen LogP contribution in [0.4, 0.5) is 16.4 Å². The first kappa shape index (κ1) is 80.7. The third-order valence-electron chi connectivity index (χ3n) is 15.7. The van der Waals surface area contributed by atoms with Gasteiger partial charge in [0.05, 0.1) is 80.5 Å². The van der Waals surface area contributed by atoms with Crippen molar-refractivity contribution in [1.82, 2.24) is 38.8 Å². The lowest BCUT2D eigenvalue weighted by molar-refractivity contribution is -0.148. The normalized spacial score (nSPS) is 14.8. The summed E-state index contributed by atoms with van der Waals surface area (Å²) >= 11 is 13.0. The molecular formula is C67H80Cl2N12O19S3. The standard InChI is InChI=1S/C23H32N2O4.C16H18Cl2N2O4.C16H17N3O5S.C12H13N5O6S2/c1-7-16-13-15(3)14-17(8-2)18(16)19-20(26)24-9-11-28-12-10-25(24)21(19)29-22(27)23(4,5)6;1-4-23-14(21)12-9-16(3,15(22)24-5-2)20(19-12)13-7-6-10(17)8-11(13)18;1-9-10(15(20)11-8-17-19(2)16(11)21)4-5-13(25(3,22)23)14(9)12-6-7-24-18-12;1-6-13-10(16-12(14-6)23-3)15-11(19)17-25(20,21)7-4-5-24-8(7)9(18)22-2/h13-14H,7-12H2,1-6H3;6-8H,4-5,9H2,1-3H3;4-5,8,17H,6-7H2,1-3H3;4-5H,1-3H3,(H2,13,14,15,16,17,19). The first-order valence-electron chi connectivity index (χ1n) is 32.0. The molecule has 10 rings (SSSR count). The SMILES string of the molecule is CCOC(=O)C1=NN(c2ccc(Cl)cc2Cl)C(C)(C(=O)OCC)C1.CCc1cc(C)cc(CC)c1-c1c(OC(=O)C(C)(C)C)n2n(c1=O)CCOCC2.COC(=O)c1sccc1S(=O)(=O)NC(=O)Nc1nc(C)nc(OC)n1.Cc1c(C(=O)c2c[nH]n(C)c2=O)ccc(S(C)(=O)=O)c1C1=NOCC1. The van der Waals surface area contributed by atoms with Crippen LogP contribution in [0.25, 0.3) is 11.1 Å². The number of anilines is 2. The number of aromatic amines is 1. The number of nitrogens with zero attached hydrogens (tertiary/aromatic N) is 9. The number of carbonyl (C=O) groups excluding carboxylic acids is 6. The Morgan fingerprint density at radius 1 is 0.786 bits per heavy atom. The molecule has 103 heavy (non-hydrogen) atoms. The molecule has 7 aromatic rings. The molecule has 7 heterocycles. The van der Waals surface area contributed by atoms with Crippen molar-refractivity contribution in [1.29, 1.82) is 0 Å². The van der Waals surface area contributed by atoms with Crippen LogP contribution in [-0.4, -0.2) is 157 Å². The summed E-state index contributed by atoms with van der Waals surface area (Å²) in [4.78, 5) is 115. The Balaban J connectivity index is 0.000000193. The molecule has 3 aliphatic rings. The monoisotopic (exact) mass is 1520 g/mol. The molecule has 3 aliphatic heterocycles. The predicted molar refractivity (Wildman–Crippen MR) is 383 cm³/mol. The van der Waals surface area contributed by atoms with Gasteiger partial charge in [-0.2, -0.15) is 20.1 Å². The molecular weight excluding hydrogens is 1440 g/mol. The number of oxime groups is 1. The predicted octanol–water partition coefficient (Wildman–Crippen LogP) is 8.50. The zero-order valence-corrected chi connectivity index (χ0v) is 63.3. The number of amides is 2. The van der Waals surface area contributed by atoms with E-state index in [0.717, 1.165) is 54.2 Å². The summed E-state index contributed by atoms with van der Waals surface area (Å²) in [5, 5.41) is 16.5. The second kappa shape index (κ2) is 34.1. The Kier molecular flexibility index (Phi) is 26.7. The van der Waals surface area contributed by atoms with Crippen LogP contribution in [0.2, 0.25) is 10.0 Å². The van der Waals surface area contributed by atoms with Gasteiger partial charge in [0.1, 0.15) is 39.0 Å². The molecule has 0 aliphatic carbocycles. The van der Waals surface area contributed by atoms with Crippen LogP contribution in [0.5, 0.6) is 11.9 Å². The average Bonchev–Trinajstić information content (AvgIpc) is 1.53. The van der Waals surface area contributed by atoms with E-state index in [4.69, 9.17) is 51.7 Å². The van der Waals surface area contributed by atoms with Crippen LogP contribution >= 0.6 is 34.5 Å². The minimum atomic E-state index is -4.30. The highest BCUT2D eigenvalue weighted by molar-refractivity contribution is 7.91. The lowest BCUT2D eigenvalue weighted by Gasteiger charge is -2.32. The van der Waals surface area contributed by atoms with E-state index in [1.54, 1.807) is 60.0 Å². The molecule has 1 atom stereocenters. The molecule has 31 nitrogen and oxygen atoms in total. The number of hydrogen-bond donors (Lipinski definition) is 3. The number of methoxy groups -OCH3 is 2. The van der Waals surface area contributed by atoms with Crippen LogP contribution < -0.4 is 35.6 Å². The summed E-state index contributed by atoms with van der Waals surface area (Å²) in [7, 11) is -3.87. The van der Waals surface area contributed by atoms with Crippen molar-refractivity contribution in [2.24, 2.45) is 22.7 Å². The van der Waals surface area contributed by atoms with Gasteiger partial charge in [0.2, 0.25) is 11.8 Å². The molecule has 1 unspecified atom stereocenters. The number of H-pyrrole nitrogens is 1. The van der Waals surface area contributed by atoms with E-state index in [1.807, 2.05) is 20.8 Å². The second-order valence-electron chi connectivity index (χ2n) is 24.2. The van der Waals surface area contributed by atoms with Crippen molar-refractivity contribution in [3.63, 3.8) is 0 Å². The van der Waals surface area contributed by atoms with Gasteiger partial charge >= 0.3 is 35.9 Å². The first-order chi connectivity index (χ1) is 48.5. The molecule has 0 bridgehead atoms. The number of aryl methyl sites for hydroxylation is 5. The molecule has 36 heteroatoms. The number of halogens is 2. The summed E-state index contributed by atoms with van der Waals surface area (Å²) in [6.45, 7) is 22.6. The van der Waals surface area contributed by atoms with E-state index in [0.29, 0.717) is 83.3 Å². The maximum Gasteiger partial charge on any atom is 0.354 e. The van der Waals surface area contributed by atoms with Crippen LogP contribution in [-0.2, 0) is 91.0 Å². The third kappa shape index (κ3) is 18.8. The lowest BCUT2D eigenvalue weighted by atomic mass is 9.91. The number of nitrogens with one attached hydrogen (secondary N) is 3. The molecule has 0 fully saturated rings. The molecule has 2 amide bonds. The van der Waals surface area contributed by atoms with Crippen LogP contribution in [0.3, 0.4) is 0 Å². The largest absolute Gasteiger partial charge is 0.467 e. The number of benzene rings is 3. The van der Waals surface area contributed by atoms with Crippen LogP contribution in [0.1, 0.15) is 127 Å². The summed E-state index contributed by atoms with van der Waals surface area (Å²) in [6.07, 6.45) is 4.54. The average molecular weight is 1520 g/mol. The van der Waals surface area contributed by atoms with Gasteiger partial charge in [-0.1, -0.05) is 59.9 Å². The summed E-state index contributed by atoms with van der Waals surface area (Å²) in [5.41, 5.74) is 4.50. The summed E-state index contributed by atoms with van der Waals surface area (Å²) < 4.78 is 86.2. The fraction of sp³-hybridized carbons (Fsp3) is 0.418. The number of hydrazone groups is 1. The lowest BCUT2D eigenvalue weighted by Crippen LogP contribution is -2.48. The van der Waals surface area contributed by atoms with E-state index in [2.05, 4.69) is 73.3 Å². The van der Waals surface area contributed by atoms with Crippen molar-refractivity contribution >= 4 is 113 Å². The van der Waals surface area contributed by atoms with Gasteiger partial charge in [-0.15, -0.1) is 11.3 Å². The fourth-order valence-corrected chi connectivity index (χ4v) is 14.4. The van der Waals surface area contributed by atoms with Crippen molar-refractivity contribution in [2.45, 2.75) is 130 Å². The van der Waals surface area contributed by atoms with Crippen LogP contribution in [0, 0.1) is 26.2 Å². The molecule has 0 saturated carbocycles. The van der Waals surface area contributed by atoms with Crippen molar-refractivity contribution in [2.75, 3.05) is 63.8 Å². The Morgan fingerprint density at radius 2 is 1.45 bits per heavy atom. The summed E-state index contributed by atoms with van der Waals surface area (Å²) in [5.74, 6) is -2.32. The highest BCUT2D eigenvalue weighted by atomic mass is 35.5. The molecule has 0 spiro atoms. The Bertz CT molecular complexity index is 4810. The van der Waals surface area contributed by atoms with E-state index in [1.165, 1.54) is 66.1 Å². The van der Waals surface area contributed by atoms with E-state index in [-0.39, 0.29) is 80.5 Å². The number of sulfone groups is 1. The Morgan fingerprint density at radius 3 is 2.01 bits per heavy atom. The Labute approximate surface area is 607 Å². The highest BCUT2D eigenvalue weighted by Gasteiger charge is 2.50. The molecule has 3 N–H and O–H groups in total. The van der Waals surface area contributed by atoms with E-state index in [9.17, 15) is 55.2 Å². The first-order valence-corrected chi connectivity index (χ1v) is 37.0. The molecule has 4 aromatic heterocycles. The minimum Gasteiger partial charge on any atom is -0.467 e. The number of thiophene rings is 1. The number of sulfonamides is 1.